The average Bonchev–Trinajstić information content (AvgIpc) is 2.68. The molecule has 0 aliphatic heterocycles. The maximum atomic E-state index is 11.9. The molecule has 0 spiro atoms. The van der Waals surface area contributed by atoms with Crippen LogP contribution in [0, 0.1) is 17.8 Å². The van der Waals surface area contributed by atoms with E-state index >= 15 is 0 Å². The van der Waals surface area contributed by atoms with Gasteiger partial charge >= 0.3 is 5.97 Å². The number of hydrogen-bond donors (Lipinski definition) is 0. The molecule has 0 aromatic carbocycles. The van der Waals surface area contributed by atoms with E-state index in [1.54, 1.807) is 18.3 Å². The van der Waals surface area contributed by atoms with Crippen LogP contribution in [-0.4, -0.2) is 17.6 Å². The Kier molecular flexibility index (Phi) is 13.3. The highest BCUT2D eigenvalue weighted by molar-refractivity contribution is 5.88. The third kappa shape index (κ3) is 13.2. The van der Waals surface area contributed by atoms with Crippen LogP contribution in [0.3, 0.4) is 0 Å². The van der Waals surface area contributed by atoms with Gasteiger partial charge in [0, 0.05) is 12.4 Å². The second-order valence-corrected chi connectivity index (χ2v) is 9.25. The van der Waals surface area contributed by atoms with Gasteiger partial charge in [-0.25, -0.2) is 4.79 Å². The van der Waals surface area contributed by atoms with Crippen LogP contribution in [-0.2, 0) is 4.74 Å². The van der Waals surface area contributed by atoms with Gasteiger partial charge in [-0.2, -0.15) is 0 Å². The van der Waals surface area contributed by atoms with Gasteiger partial charge in [0.2, 0.25) is 0 Å². The van der Waals surface area contributed by atoms with E-state index in [1.807, 2.05) is 6.08 Å². The number of ether oxygens (including phenoxy) is 1. The fraction of sp³-hybridized carbons (Fsp3) is 0.692. The summed E-state index contributed by atoms with van der Waals surface area (Å²) in [4.78, 5) is 15.8. The van der Waals surface area contributed by atoms with E-state index in [0.29, 0.717) is 12.2 Å². The van der Waals surface area contributed by atoms with Crippen LogP contribution in [0.15, 0.2) is 36.2 Å². The van der Waals surface area contributed by atoms with E-state index < -0.39 is 0 Å². The maximum Gasteiger partial charge on any atom is 0.340 e. The molecular weight excluding hydrogens is 358 g/mol. The van der Waals surface area contributed by atoms with Gasteiger partial charge in [-0.05, 0) is 55.7 Å². The van der Waals surface area contributed by atoms with Crippen LogP contribution in [0.25, 0.3) is 0 Å². The molecule has 2 unspecified atom stereocenters. The number of rotatable bonds is 15. The molecule has 29 heavy (non-hydrogen) atoms. The molecule has 1 aromatic rings. The zero-order chi connectivity index (χ0) is 21.5. The number of nitrogens with zero attached hydrogens (tertiary/aromatic N) is 1. The molecular formula is C26H43NO2. The number of esters is 1. The van der Waals surface area contributed by atoms with E-state index in [4.69, 9.17) is 4.74 Å². The van der Waals surface area contributed by atoms with Crippen LogP contribution in [0.5, 0.6) is 0 Å². The summed E-state index contributed by atoms with van der Waals surface area (Å²) in [5, 5.41) is 0. The summed E-state index contributed by atoms with van der Waals surface area (Å²) in [5.41, 5.74) is 1.80. The van der Waals surface area contributed by atoms with Gasteiger partial charge in [0.1, 0.15) is 6.61 Å². The molecule has 0 saturated carbocycles. The highest BCUT2D eigenvalue weighted by Crippen LogP contribution is 2.22. The Morgan fingerprint density at radius 3 is 2.21 bits per heavy atom. The normalized spacial score (nSPS) is 14.1. The van der Waals surface area contributed by atoms with E-state index in [0.717, 1.165) is 24.2 Å². The molecule has 0 fully saturated rings. The SMILES string of the molecule is CC(=CCOC(=O)c1cccnc1)CCCC(C)CCCC(C)CCCC(C)C. The molecule has 1 rings (SSSR count). The lowest BCUT2D eigenvalue weighted by Gasteiger charge is -2.15. The summed E-state index contributed by atoms with van der Waals surface area (Å²) in [6.07, 6.45) is 17.0. The van der Waals surface area contributed by atoms with Gasteiger partial charge in [0.25, 0.3) is 0 Å². The minimum atomic E-state index is -0.311. The lowest BCUT2D eigenvalue weighted by Crippen LogP contribution is -2.05. The first kappa shape index (κ1) is 25.4. The first-order valence-corrected chi connectivity index (χ1v) is 11.6. The van der Waals surface area contributed by atoms with Crippen LogP contribution >= 0.6 is 0 Å². The Balaban J connectivity index is 2.08. The number of hydrogen-bond acceptors (Lipinski definition) is 3. The largest absolute Gasteiger partial charge is 0.458 e. The summed E-state index contributed by atoms with van der Waals surface area (Å²) in [6, 6.07) is 3.46. The van der Waals surface area contributed by atoms with E-state index in [2.05, 4.69) is 39.6 Å². The second kappa shape index (κ2) is 15.2. The lowest BCUT2D eigenvalue weighted by atomic mass is 9.91. The summed E-state index contributed by atoms with van der Waals surface area (Å²) in [6.45, 7) is 11.9. The maximum absolute atomic E-state index is 11.9. The Bertz CT molecular complexity index is 580. The Morgan fingerprint density at radius 1 is 1.00 bits per heavy atom. The summed E-state index contributed by atoms with van der Waals surface area (Å²) in [5.74, 6) is 2.21. The Morgan fingerprint density at radius 2 is 1.62 bits per heavy atom. The average molecular weight is 402 g/mol. The molecule has 2 atom stereocenters. The number of carbonyl (C=O) groups is 1. The molecule has 0 aliphatic rings. The van der Waals surface area contributed by atoms with Gasteiger partial charge in [-0.15, -0.1) is 0 Å². The van der Waals surface area contributed by atoms with Crippen molar-refractivity contribution in [3.05, 3.63) is 41.7 Å². The highest BCUT2D eigenvalue weighted by Gasteiger charge is 2.07. The van der Waals surface area contributed by atoms with Crippen molar-refractivity contribution in [3.8, 4) is 0 Å². The predicted molar refractivity (Wildman–Crippen MR) is 123 cm³/mol. The van der Waals surface area contributed by atoms with Crippen LogP contribution in [0.1, 0.15) is 103 Å². The monoisotopic (exact) mass is 401 g/mol. The zero-order valence-corrected chi connectivity index (χ0v) is 19.5. The highest BCUT2D eigenvalue weighted by atomic mass is 16.5. The molecule has 1 aromatic heterocycles. The molecule has 3 nitrogen and oxygen atoms in total. The quantitative estimate of drug-likeness (QED) is 0.224. The second-order valence-electron chi connectivity index (χ2n) is 9.25. The molecule has 0 saturated heterocycles. The minimum absolute atomic E-state index is 0.311. The summed E-state index contributed by atoms with van der Waals surface area (Å²) < 4.78 is 5.29. The molecule has 0 bridgehead atoms. The van der Waals surface area contributed by atoms with E-state index in [-0.39, 0.29) is 5.97 Å². The van der Waals surface area contributed by atoms with Gasteiger partial charge < -0.3 is 4.74 Å². The van der Waals surface area contributed by atoms with E-state index in [1.165, 1.54) is 63.1 Å². The third-order valence-corrected chi connectivity index (χ3v) is 5.68. The first-order chi connectivity index (χ1) is 13.9. The molecule has 164 valence electrons. The van der Waals surface area contributed by atoms with Gasteiger partial charge in [0.05, 0.1) is 5.56 Å². The van der Waals surface area contributed by atoms with Crippen molar-refractivity contribution in [1.29, 1.82) is 0 Å². The Labute approximate surface area is 179 Å². The molecule has 0 amide bonds. The van der Waals surface area contributed by atoms with E-state index in [9.17, 15) is 4.79 Å². The van der Waals surface area contributed by atoms with Crippen molar-refractivity contribution >= 4 is 5.97 Å². The number of carbonyl (C=O) groups excluding carboxylic acids is 1. The van der Waals surface area contributed by atoms with Crippen molar-refractivity contribution < 1.29 is 9.53 Å². The number of aromatic nitrogens is 1. The van der Waals surface area contributed by atoms with Crippen molar-refractivity contribution in [2.75, 3.05) is 6.61 Å². The fourth-order valence-electron chi connectivity index (χ4n) is 3.64. The number of pyridine rings is 1. The van der Waals surface area contributed by atoms with Gasteiger partial charge in [0.15, 0.2) is 0 Å². The topological polar surface area (TPSA) is 39.2 Å². The van der Waals surface area contributed by atoms with Gasteiger partial charge in [-0.3, -0.25) is 4.98 Å². The molecule has 1 heterocycles. The van der Waals surface area contributed by atoms with Crippen molar-refractivity contribution in [1.82, 2.24) is 4.98 Å². The number of allylic oxidation sites excluding steroid dienone is 1. The Hall–Kier alpha value is -1.64. The first-order valence-electron chi connectivity index (χ1n) is 11.6. The summed E-state index contributed by atoms with van der Waals surface area (Å²) in [7, 11) is 0. The fourth-order valence-corrected chi connectivity index (χ4v) is 3.64. The molecule has 3 heteroatoms. The van der Waals surface area contributed by atoms with Crippen LogP contribution in [0.4, 0.5) is 0 Å². The minimum Gasteiger partial charge on any atom is -0.458 e. The van der Waals surface area contributed by atoms with Crippen molar-refractivity contribution in [2.45, 2.75) is 92.4 Å². The van der Waals surface area contributed by atoms with Crippen LogP contribution in [0.2, 0.25) is 0 Å². The lowest BCUT2D eigenvalue weighted by molar-refractivity contribution is 0.0548. The smallest absolute Gasteiger partial charge is 0.340 e. The molecule has 0 radical (unpaired) electrons. The molecule has 0 aliphatic carbocycles. The van der Waals surface area contributed by atoms with Crippen molar-refractivity contribution in [3.63, 3.8) is 0 Å². The third-order valence-electron chi connectivity index (χ3n) is 5.68. The standard InChI is InChI=1S/C26H43NO2/c1-21(2)10-6-11-22(3)12-7-13-23(4)14-8-15-24(5)17-19-29-26(28)25-16-9-18-27-20-25/h9,16-18,20-23H,6-8,10-15,19H2,1-5H3. The molecule has 0 N–H and O–H groups in total. The van der Waals surface area contributed by atoms with Crippen LogP contribution < -0.4 is 0 Å². The summed E-state index contributed by atoms with van der Waals surface area (Å²) >= 11 is 0. The van der Waals surface area contributed by atoms with Gasteiger partial charge in [-0.1, -0.05) is 78.2 Å². The van der Waals surface area contributed by atoms with Crippen molar-refractivity contribution in [2.24, 2.45) is 17.8 Å². The zero-order valence-electron chi connectivity index (χ0n) is 19.5. The predicted octanol–water partition coefficient (Wildman–Crippen LogP) is 7.62.